The standard InChI is InChI=1S/C27H25FN6O3/c1-18-25(24-9-12-30-34(24)22-7-5-19(17-29)6-8-22)33(26(35)31-21-10-13-37-14-11-21)27(36)32(18)23-4-2-3-20(15-23)16-28/h2-9,12,15,21H,10-11,13-14,16H2,1H3,(H,31,35). The van der Waals surface area contributed by atoms with Crippen molar-refractivity contribution in [2.45, 2.75) is 32.5 Å². The third kappa shape index (κ3) is 4.57. The number of alkyl halides is 1. The first-order chi connectivity index (χ1) is 18.0. The van der Waals surface area contributed by atoms with E-state index in [1.807, 2.05) is 0 Å². The summed E-state index contributed by atoms with van der Waals surface area (Å²) < 4.78 is 22.9. The maximum Gasteiger partial charge on any atom is 0.341 e. The van der Waals surface area contributed by atoms with Gasteiger partial charge in [0.05, 0.1) is 40.6 Å². The van der Waals surface area contributed by atoms with Crippen LogP contribution in [0.25, 0.3) is 22.8 Å². The van der Waals surface area contributed by atoms with Gasteiger partial charge in [0.1, 0.15) is 12.4 Å². The van der Waals surface area contributed by atoms with Crippen LogP contribution in [0.5, 0.6) is 0 Å². The highest BCUT2D eigenvalue weighted by Gasteiger charge is 2.28. The van der Waals surface area contributed by atoms with Crippen molar-refractivity contribution in [1.29, 1.82) is 5.26 Å². The van der Waals surface area contributed by atoms with Crippen LogP contribution in [0.3, 0.4) is 0 Å². The minimum absolute atomic E-state index is 0.122. The van der Waals surface area contributed by atoms with Crippen LogP contribution in [0.15, 0.2) is 65.6 Å². The molecule has 4 aromatic rings. The van der Waals surface area contributed by atoms with Crippen LogP contribution in [-0.4, -0.2) is 44.2 Å². The minimum Gasteiger partial charge on any atom is -0.381 e. The molecule has 0 atom stereocenters. The summed E-state index contributed by atoms with van der Waals surface area (Å²) in [4.78, 5) is 27.4. The first-order valence-electron chi connectivity index (χ1n) is 11.9. The summed E-state index contributed by atoms with van der Waals surface area (Å²) in [5.41, 5.74) is 2.85. The van der Waals surface area contributed by atoms with E-state index < -0.39 is 18.4 Å². The third-order valence-electron chi connectivity index (χ3n) is 6.49. The van der Waals surface area contributed by atoms with Gasteiger partial charge in [-0.3, -0.25) is 4.57 Å². The summed E-state index contributed by atoms with van der Waals surface area (Å²) in [7, 11) is 0. The van der Waals surface area contributed by atoms with Crippen molar-refractivity contribution >= 4 is 6.03 Å². The number of hydrogen-bond donors (Lipinski definition) is 1. The molecule has 1 N–H and O–H groups in total. The molecule has 2 aromatic heterocycles. The molecule has 2 aromatic carbocycles. The van der Waals surface area contributed by atoms with Crippen molar-refractivity contribution in [2.24, 2.45) is 0 Å². The molecule has 37 heavy (non-hydrogen) atoms. The molecule has 1 fully saturated rings. The number of imidazole rings is 1. The number of carbonyl (C=O) groups is 1. The van der Waals surface area contributed by atoms with E-state index in [1.54, 1.807) is 72.4 Å². The molecule has 0 aliphatic carbocycles. The van der Waals surface area contributed by atoms with Gasteiger partial charge in [-0.05, 0) is 67.8 Å². The summed E-state index contributed by atoms with van der Waals surface area (Å²) in [6, 6.07) is 16.6. The molecule has 1 aliphatic heterocycles. The summed E-state index contributed by atoms with van der Waals surface area (Å²) in [6.45, 7) is 2.14. The van der Waals surface area contributed by atoms with Crippen LogP contribution in [0.4, 0.5) is 9.18 Å². The maximum atomic E-state index is 13.8. The topological polar surface area (TPSA) is 107 Å². The number of ether oxygens (including phenoxy) is 1. The number of amides is 1. The van der Waals surface area contributed by atoms with Crippen LogP contribution in [-0.2, 0) is 11.4 Å². The predicted octanol–water partition coefficient (Wildman–Crippen LogP) is 3.88. The Labute approximate surface area is 212 Å². The predicted molar refractivity (Wildman–Crippen MR) is 135 cm³/mol. The lowest BCUT2D eigenvalue weighted by molar-refractivity contribution is 0.0801. The number of nitriles is 1. The Bertz CT molecular complexity index is 1540. The number of aromatic nitrogens is 4. The minimum atomic E-state index is -0.676. The lowest BCUT2D eigenvalue weighted by Crippen LogP contribution is -2.44. The zero-order valence-corrected chi connectivity index (χ0v) is 20.2. The molecule has 0 radical (unpaired) electrons. The Kier molecular flexibility index (Phi) is 6.70. The van der Waals surface area contributed by atoms with E-state index in [0.29, 0.717) is 65.6 Å². The molecule has 188 valence electrons. The highest BCUT2D eigenvalue weighted by molar-refractivity contribution is 5.83. The maximum absolute atomic E-state index is 13.8. The number of halogens is 1. The molecule has 1 saturated heterocycles. The summed E-state index contributed by atoms with van der Waals surface area (Å²) in [5, 5.41) is 16.5. The average molecular weight is 501 g/mol. The summed E-state index contributed by atoms with van der Waals surface area (Å²) in [6.07, 6.45) is 2.88. The fourth-order valence-corrected chi connectivity index (χ4v) is 4.62. The zero-order valence-electron chi connectivity index (χ0n) is 20.2. The molecule has 1 amide bonds. The number of nitrogens with zero attached hydrogens (tertiary/aromatic N) is 5. The van der Waals surface area contributed by atoms with Gasteiger partial charge in [0.2, 0.25) is 0 Å². The van der Waals surface area contributed by atoms with Crippen LogP contribution < -0.4 is 11.0 Å². The molecule has 9 nitrogen and oxygen atoms in total. The number of nitrogens with one attached hydrogen (secondary N) is 1. The van der Waals surface area contributed by atoms with Gasteiger partial charge in [-0.15, -0.1) is 0 Å². The molecular weight excluding hydrogens is 475 g/mol. The van der Waals surface area contributed by atoms with E-state index in [4.69, 9.17) is 10.00 Å². The van der Waals surface area contributed by atoms with Gasteiger partial charge in [-0.2, -0.15) is 10.4 Å². The van der Waals surface area contributed by atoms with Gasteiger partial charge >= 0.3 is 11.7 Å². The highest BCUT2D eigenvalue weighted by Crippen LogP contribution is 2.27. The average Bonchev–Trinajstić information content (AvgIpc) is 3.51. The van der Waals surface area contributed by atoms with Crippen molar-refractivity contribution < 1.29 is 13.9 Å². The molecule has 1 aliphatic rings. The SMILES string of the molecule is Cc1c(-c2ccnn2-c2ccc(C#N)cc2)n(C(=O)NC2CCOCC2)c(=O)n1-c1cccc(CF)c1. The van der Waals surface area contributed by atoms with Crippen molar-refractivity contribution in [3.05, 3.63) is 88.1 Å². The monoisotopic (exact) mass is 500 g/mol. The lowest BCUT2D eigenvalue weighted by atomic mass is 10.1. The van der Waals surface area contributed by atoms with E-state index in [2.05, 4.69) is 16.5 Å². The smallest absolute Gasteiger partial charge is 0.341 e. The molecule has 0 saturated carbocycles. The summed E-state index contributed by atoms with van der Waals surface area (Å²) >= 11 is 0. The van der Waals surface area contributed by atoms with Crippen LogP contribution in [0.1, 0.15) is 29.7 Å². The number of hydrogen-bond acceptors (Lipinski definition) is 5. The Morgan fingerprint density at radius 3 is 2.62 bits per heavy atom. The Morgan fingerprint density at radius 1 is 1.16 bits per heavy atom. The van der Waals surface area contributed by atoms with Crippen molar-refractivity contribution in [3.8, 4) is 28.8 Å². The van der Waals surface area contributed by atoms with Gasteiger partial charge in [-0.25, -0.2) is 23.2 Å². The van der Waals surface area contributed by atoms with Gasteiger partial charge in [0, 0.05) is 19.3 Å². The molecular formula is C27H25FN6O3. The lowest BCUT2D eigenvalue weighted by Gasteiger charge is -2.23. The van der Waals surface area contributed by atoms with Gasteiger partial charge in [0.15, 0.2) is 0 Å². The highest BCUT2D eigenvalue weighted by atomic mass is 19.1. The van der Waals surface area contributed by atoms with E-state index in [9.17, 15) is 14.0 Å². The van der Waals surface area contributed by atoms with Gasteiger partial charge < -0.3 is 10.1 Å². The summed E-state index contributed by atoms with van der Waals surface area (Å²) in [5.74, 6) is 0. The number of benzene rings is 2. The molecule has 5 rings (SSSR count). The second-order valence-electron chi connectivity index (χ2n) is 8.81. The fraction of sp³-hybridized carbons (Fsp3) is 0.259. The molecule has 10 heteroatoms. The van der Waals surface area contributed by atoms with Crippen LogP contribution in [0, 0.1) is 18.3 Å². The van der Waals surface area contributed by atoms with Gasteiger partial charge in [-0.1, -0.05) is 12.1 Å². The Hall–Kier alpha value is -4.49. The van der Waals surface area contributed by atoms with Crippen molar-refractivity contribution in [1.82, 2.24) is 24.2 Å². The molecule has 0 bridgehead atoms. The molecule has 3 heterocycles. The first-order valence-corrected chi connectivity index (χ1v) is 11.9. The van der Waals surface area contributed by atoms with E-state index in [-0.39, 0.29) is 6.04 Å². The molecule has 0 unspecified atom stereocenters. The second-order valence-corrected chi connectivity index (χ2v) is 8.81. The van der Waals surface area contributed by atoms with E-state index >= 15 is 0 Å². The number of rotatable bonds is 5. The zero-order chi connectivity index (χ0) is 25.9. The Morgan fingerprint density at radius 2 is 1.92 bits per heavy atom. The number of carbonyl (C=O) groups excluding carboxylic acids is 1. The van der Waals surface area contributed by atoms with E-state index in [1.165, 1.54) is 4.57 Å². The van der Waals surface area contributed by atoms with Crippen LogP contribution >= 0.6 is 0 Å². The fourth-order valence-electron chi connectivity index (χ4n) is 4.62. The molecule has 0 spiro atoms. The van der Waals surface area contributed by atoms with Crippen molar-refractivity contribution in [2.75, 3.05) is 13.2 Å². The van der Waals surface area contributed by atoms with Gasteiger partial charge in [0.25, 0.3) is 0 Å². The first kappa shape index (κ1) is 24.2. The Balaban J connectivity index is 1.68. The third-order valence-corrected chi connectivity index (χ3v) is 6.49. The normalized spacial score (nSPS) is 13.9. The van der Waals surface area contributed by atoms with E-state index in [0.717, 1.165) is 4.57 Å². The largest absolute Gasteiger partial charge is 0.381 e. The second kappa shape index (κ2) is 10.2. The quantitative estimate of drug-likeness (QED) is 0.448. The van der Waals surface area contributed by atoms with Crippen LogP contribution in [0.2, 0.25) is 0 Å². The van der Waals surface area contributed by atoms with Crippen molar-refractivity contribution in [3.63, 3.8) is 0 Å².